The molecule has 0 aliphatic carbocycles. The Morgan fingerprint density at radius 1 is 1.14 bits per heavy atom. The Balaban J connectivity index is 2.95. The molecular formula is C13H13N. The average Bonchev–Trinajstić information content (AvgIpc) is 2.18. The molecule has 70 valence electrons. The topological polar surface area (TPSA) is 3.24 Å². The monoisotopic (exact) mass is 183 g/mol. The largest absolute Gasteiger partial charge is 0.349 e. The van der Waals surface area contributed by atoms with Gasteiger partial charge in [-0.3, -0.25) is 0 Å². The van der Waals surface area contributed by atoms with Gasteiger partial charge in [0.1, 0.15) is 0 Å². The van der Waals surface area contributed by atoms with Crippen LogP contribution in [0.2, 0.25) is 0 Å². The highest BCUT2D eigenvalue weighted by Gasteiger charge is 2.04. The maximum absolute atomic E-state index is 5.29. The first-order valence-electron chi connectivity index (χ1n) is 4.47. The molecule has 0 spiro atoms. The molecule has 0 radical (unpaired) electrons. The maximum atomic E-state index is 5.29. The average molecular weight is 183 g/mol. The van der Waals surface area contributed by atoms with Crippen LogP contribution in [0.1, 0.15) is 5.56 Å². The van der Waals surface area contributed by atoms with Crippen molar-refractivity contribution in [2.45, 2.75) is 6.92 Å². The highest BCUT2D eigenvalue weighted by atomic mass is 15.1. The summed E-state index contributed by atoms with van der Waals surface area (Å²) in [4.78, 5) is 2.01. The van der Waals surface area contributed by atoms with Crippen molar-refractivity contribution in [1.82, 2.24) is 0 Å². The molecule has 1 nitrogen and oxygen atoms in total. The number of benzene rings is 1. The van der Waals surface area contributed by atoms with E-state index < -0.39 is 0 Å². The molecule has 0 heterocycles. The molecule has 1 aromatic carbocycles. The molecule has 1 aromatic rings. The van der Waals surface area contributed by atoms with Gasteiger partial charge < -0.3 is 4.90 Å². The second-order valence-electron chi connectivity index (χ2n) is 3.05. The highest BCUT2D eigenvalue weighted by Crippen LogP contribution is 2.18. The van der Waals surface area contributed by atoms with E-state index in [4.69, 9.17) is 12.8 Å². The first-order chi connectivity index (χ1) is 6.79. The van der Waals surface area contributed by atoms with E-state index in [1.54, 1.807) is 0 Å². The van der Waals surface area contributed by atoms with Crippen LogP contribution >= 0.6 is 0 Å². The van der Waals surface area contributed by atoms with Crippen molar-refractivity contribution in [3.05, 3.63) is 29.8 Å². The molecule has 1 rings (SSSR count). The third-order valence-corrected chi connectivity index (χ3v) is 2.02. The zero-order valence-electron chi connectivity index (χ0n) is 8.33. The lowest BCUT2D eigenvalue weighted by molar-refractivity contribution is 0.978. The number of aryl methyl sites for hydroxylation is 1. The minimum absolute atomic E-state index is 0.551. The predicted molar refractivity (Wildman–Crippen MR) is 61.1 cm³/mol. The van der Waals surface area contributed by atoms with Crippen LogP contribution in [0.5, 0.6) is 0 Å². The summed E-state index contributed by atoms with van der Waals surface area (Å²) >= 11 is 0. The molecule has 0 atom stereocenters. The van der Waals surface area contributed by atoms with Crippen molar-refractivity contribution >= 4 is 5.69 Å². The van der Waals surface area contributed by atoms with Gasteiger partial charge in [-0.05, 0) is 18.6 Å². The Morgan fingerprint density at radius 2 is 1.71 bits per heavy atom. The van der Waals surface area contributed by atoms with E-state index in [0.717, 1.165) is 5.69 Å². The zero-order valence-corrected chi connectivity index (χ0v) is 8.33. The Labute approximate surface area is 85.7 Å². The highest BCUT2D eigenvalue weighted by molar-refractivity contribution is 5.54. The molecule has 0 saturated carbocycles. The molecule has 0 unspecified atom stereocenters. The minimum Gasteiger partial charge on any atom is -0.349 e. The number of rotatable bonds is 3. The van der Waals surface area contributed by atoms with Gasteiger partial charge in [-0.25, -0.2) is 0 Å². The van der Waals surface area contributed by atoms with Gasteiger partial charge in [-0.1, -0.05) is 30.0 Å². The third-order valence-electron chi connectivity index (χ3n) is 2.02. The van der Waals surface area contributed by atoms with Gasteiger partial charge in [0.05, 0.1) is 13.1 Å². The van der Waals surface area contributed by atoms with Crippen molar-refractivity contribution in [1.29, 1.82) is 0 Å². The molecule has 0 fully saturated rings. The SMILES string of the molecule is C#CCN(CC#C)c1ccccc1C. The minimum atomic E-state index is 0.551. The predicted octanol–water partition coefficient (Wildman–Crippen LogP) is 2.07. The quantitative estimate of drug-likeness (QED) is 0.648. The van der Waals surface area contributed by atoms with Crippen LogP contribution in [0.3, 0.4) is 0 Å². The molecule has 1 heteroatoms. The fourth-order valence-corrected chi connectivity index (χ4v) is 1.36. The Kier molecular flexibility index (Phi) is 3.65. The van der Waals surface area contributed by atoms with Gasteiger partial charge in [0.2, 0.25) is 0 Å². The van der Waals surface area contributed by atoms with Gasteiger partial charge in [-0.15, -0.1) is 12.8 Å². The Morgan fingerprint density at radius 3 is 2.21 bits per heavy atom. The van der Waals surface area contributed by atoms with Crippen molar-refractivity contribution < 1.29 is 0 Å². The lowest BCUT2D eigenvalue weighted by Gasteiger charge is -2.21. The standard InChI is InChI=1S/C13H13N/c1-4-10-14(11-5-2)13-9-7-6-8-12(13)3/h1-2,6-9H,10-11H2,3H3. The lowest BCUT2D eigenvalue weighted by atomic mass is 10.2. The second kappa shape index (κ2) is 5.00. The van der Waals surface area contributed by atoms with E-state index in [-0.39, 0.29) is 0 Å². The van der Waals surface area contributed by atoms with E-state index >= 15 is 0 Å². The molecule has 0 aliphatic rings. The molecule has 0 saturated heterocycles. The van der Waals surface area contributed by atoms with Crippen molar-refractivity contribution in [2.75, 3.05) is 18.0 Å². The van der Waals surface area contributed by atoms with Gasteiger partial charge in [0.25, 0.3) is 0 Å². The van der Waals surface area contributed by atoms with Crippen LogP contribution in [-0.4, -0.2) is 13.1 Å². The fourth-order valence-electron chi connectivity index (χ4n) is 1.36. The molecule has 0 aliphatic heterocycles. The third kappa shape index (κ3) is 2.31. The van der Waals surface area contributed by atoms with Crippen LogP contribution < -0.4 is 4.90 Å². The van der Waals surface area contributed by atoms with E-state index in [1.165, 1.54) is 5.56 Å². The second-order valence-corrected chi connectivity index (χ2v) is 3.05. The molecule has 0 N–H and O–H groups in total. The number of terminal acetylenes is 2. The van der Waals surface area contributed by atoms with E-state index in [2.05, 4.69) is 24.8 Å². The summed E-state index contributed by atoms with van der Waals surface area (Å²) in [5.74, 6) is 5.22. The molecule has 0 amide bonds. The zero-order chi connectivity index (χ0) is 10.4. The van der Waals surface area contributed by atoms with Crippen molar-refractivity contribution in [3.63, 3.8) is 0 Å². The first-order valence-corrected chi connectivity index (χ1v) is 4.47. The van der Waals surface area contributed by atoms with Crippen LogP contribution in [0.15, 0.2) is 24.3 Å². The summed E-state index contributed by atoms with van der Waals surface area (Å²) in [5.41, 5.74) is 2.31. The number of nitrogens with zero attached hydrogens (tertiary/aromatic N) is 1. The summed E-state index contributed by atoms with van der Waals surface area (Å²) in [5, 5.41) is 0. The Hall–Kier alpha value is -1.86. The maximum Gasteiger partial charge on any atom is 0.0801 e. The van der Waals surface area contributed by atoms with Crippen molar-refractivity contribution in [2.24, 2.45) is 0 Å². The number of hydrogen-bond donors (Lipinski definition) is 0. The van der Waals surface area contributed by atoms with Crippen LogP contribution in [0.4, 0.5) is 5.69 Å². The summed E-state index contributed by atoms with van der Waals surface area (Å²) in [6.45, 7) is 3.15. The van der Waals surface area contributed by atoms with Gasteiger partial charge >= 0.3 is 0 Å². The summed E-state index contributed by atoms with van der Waals surface area (Å²) in [6.07, 6.45) is 10.6. The number of para-hydroxylation sites is 1. The van der Waals surface area contributed by atoms with Gasteiger partial charge in [0, 0.05) is 5.69 Å². The fraction of sp³-hybridized carbons (Fsp3) is 0.231. The van der Waals surface area contributed by atoms with E-state index in [0.29, 0.717) is 13.1 Å². The van der Waals surface area contributed by atoms with Gasteiger partial charge in [0.15, 0.2) is 0 Å². The molecule has 0 aromatic heterocycles. The molecule has 0 bridgehead atoms. The normalized spacial score (nSPS) is 8.79. The number of hydrogen-bond acceptors (Lipinski definition) is 1. The first kappa shape index (κ1) is 10.2. The smallest absolute Gasteiger partial charge is 0.0801 e. The van der Waals surface area contributed by atoms with Crippen molar-refractivity contribution in [3.8, 4) is 24.7 Å². The Bertz CT molecular complexity index is 363. The summed E-state index contributed by atoms with van der Waals surface area (Å²) in [6, 6.07) is 8.07. The number of anilines is 1. The lowest BCUT2D eigenvalue weighted by Crippen LogP contribution is -2.24. The summed E-state index contributed by atoms with van der Waals surface area (Å²) in [7, 11) is 0. The van der Waals surface area contributed by atoms with Crippen LogP contribution in [0, 0.1) is 31.6 Å². The van der Waals surface area contributed by atoms with Gasteiger partial charge in [-0.2, -0.15) is 0 Å². The summed E-state index contributed by atoms with van der Waals surface area (Å²) < 4.78 is 0. The van der Waals surface area contributed by atoms with Crippen LogP contribution in [-0.2, 0) is 0 Å². The van der Waals surface area contributed by atoms with E-state index in [9.17, 15) is 0 Å². The van der Waals surface area contributed by atoms with Crippen LogP contribution in [0.25, 0.3) is 0 Å². The van der Waals surface area contributed by atoms with E-state index in [1.807, 2.05) is 23.1 Å². The molecular weight excluding hydrogens is 170 g/mol. The molecule has 14 heavy (non-hydrogen) atoms.